The van der Waals surface area contributed by atoms with E-state index in [4.69, 9.17) is 4.74 Å². The molecule has 0 saturated heterocycles. The highest BCUT2D eigenvalue weighted by Gasteiger charge is 2.27. The molecule has 0 bridgehead atoms. The summed E-state index contributed by atoms with van der Waals surface area (Å²) in [5.41, 5.74) is 3.11. The van der Waals surface area contributed by atoms with Gasteiger partial charge in [0.25, 0.3) is 0 Å². The van der Waals surface area contributed by atoms with Gasteiger partial charge in [0.05, 0.1) is 4.90 Å². The standard InChI is InChI=1S/C21H26N2O4S/c1-14-8-10-18-15(12-14)9-11-19(18)23-28(25,26)17-7-5-6-16(13-17)22-20(24)27-21(2,3)4/h5-8,10,12-13,19,23H,9,11H2,1-4H3,(H,22,24). The zero-order valence-electron chi connectivity index (χ0n) is 16.6. The minimum absolute atomic E-state index is 0.0987. The van der Waals surface area contributed by atoms with Crippen LogP contribution in [0.15, 0.2) is 47.4 Å². The molecule has 2 aromatic carbocycles. The Morgan fingerprint density at radius 2 is 1.89 bits per heavy atom. The lowest BCUT2D eigenvalue weighted by atomic mass is 10.1. The van der Waals surface area contributed by atoms with Crippen LogP contribution in [0.4, 0.5) is 10.5 Å². The number of amides is 1. The third kappa shape index (κ3) is 4.91. The van der Waals surface area contributed by atoms with E-state index in [-0.39, 0.29) is 10.9 Å². The molecule has 1 unspecified atom stereocenters. The van der Waals surface area contributed by atoms with Crippen molar-refractivity contribution in [2.75, 3.05) is 5.32 Å². The van der Waals surface area contributed by atoms with Crippen LogP contribution in [-0.2, 0) is 21.2 Å². The second-order valence-electron chi connectivity index (χ2n) is 8.07. The summed E-state index contributed by atoms with van der Waals surface area (Å²) < 4.78 is 33.8. The van der Waals surface area contributed by atoms with E-state index in [0.29, 0.717) is 5.69 Å². The Labute approximate surface area is 166 Å². The molecule has 150 valence electrons. The number of hydrogen-bond acceptors (Lipinski definition) is 4. The summed E-state index contributed by atoms with van der Waals surface area (Å²) in [6.07, 6.45) is 0.952. The Kier molecular flexibility index (Phi) is 5.50. The van der Waals surface area contributed by atoms with E-state index < -0.39 is 21.7 Å². The molecular weight excluding hydrogens is 376 g/mol. The van der Waals surface area contributed by atoms with Crippen LogP contribution in [0.5, 0.6) is 0 Å². The van der Waals surface area contributed by atoms with E-state index in [1.54, 1.807) is 32.9 Å². The van der Waals surface area contributed by atoms with Crippen LogP contribution in [0.25, 0.3) is 0 Å². The molecule has 0 saturated carbocycles. The lowest BCUT2D eigenvalue weighted by Gasteiger charge is -2.20. The van der Waals surface area contributed by atoms with Crippen LogP contribution in [0, 0.1) is 6.92 Å². The predicted octanol–water partition coefficient (Wildman–Crippen LogP) is 4.31. The number of anilines is 1. The zero-order valence-corrected chi connectivity index (χ0v) is 17.4. The number of fused-ring (bicyclic) bond motifs is 1. The first kappa shape index (κ1) is 20.4. The van der Waals surface area contributed by atoms with Crippen molar-refractivity contribution >= 4 is 21.8 Å². The molecule has 2 N–H and O–H groups in total. The van der Waals surface area contributed by atoms with Crippen LogP contribution < -0.4 is 10.0 Å². The van der Waals surface area contributed by atoms with Gasteiger partial charge in [0, 0.05) is 11.7 Å². The van der Waals surface area contributed by atoms with Crippen LogP contribution in [-0.4, -0.2) is 20.1 Å². The van der Waals surface area contributed by atoms with E-state index in [2.05, 4.69) is 16.1 Å². The molecule has 2 aromatic rings. The van der Waals surface area contributed by atoms with Crippen molar-refractivity contribution < 1.29 is 17.9 Å². The molecule has 1 amide bonds. The Hall–Kier alpha value is -2.38. The second kappa shape index (κ2) is 7.56. The highest BCUT2D eigenvalue weighted by Crippen LogP contribution is 2.33. The van der Waals surface area contributed by atoms with E-state index in [1.807, 2.05) is 19.1 Å². The van der Waals surface area contributed by atoms with Crippen molar-refractivity contribution in [3.05, 3.63) is 59.2 Å². The zero-order chi connectivity index (χ0) is 20.5. The molecule has 0 aliphatic heterocycles. The maximum atomic E-state index is 12.9. The van der Waals surface area contributed by atoms with Crippen molar-refractivity contribution in [3.63, 3.8) is 0 Å². The van der Waals surface area contributed by atoms with Crippen LogP contribution in [0.2, 0.25) is 0 Å². The molecule has 0 radical (unpaired) electrons. The van der Waals surface area contributed by atoms with E-state index in [1.165, 1.54) is 23.3 Å². The van der Waals surface area contributed by atoms with Crippen LogP contribution in [0.3, 0.4) is 0 Å². The summed E-state index contributed by atoms with van der Waals surface area (Å²) >= 11 is 0. The van der Waals surface area contributed by atoms with Gasteiger partial charge in [-0.15, -0.1) is 0 Å². The van der Waals surface area contributed by atoms with Crippen molar-refractivity contribution in [1.29, 1.82) is 0 Å². The summed E-state index contributed by atoms with van der Waals surface area (Å²) in [5, 5.41) is 2.57. The minimum atomic E-state index is -3.73. The minimum Gasteiger partial charge on any atom is -0.444 e. The van der Waals surface area contributed by atoms with Gasteiger partial charge >= 0.3 is 6.09 Å². The van der Waals surface area contributed by atoms with E-state index in [9.17, 15) is 13.2 Å². The highest BCUT2D eigenvalue weighted by atomic mass is 32.2. The van der Waals surface area contributed by atoms with Crippen molar-refractivity contribution in [2.24, 2.45) is 0 Å². The normalized spacial score (nSPS) is 16.5. The molecule has 6 nitrogen and oxygen atoms in total. The summed E-state index contributed by atoms with van der Waals surface area (Å²) in [5.74, 6) is 0. The molecule has 0 aromatic heterocycles. The smallest absolute Gasteiger partial charge is 0.412 e. The Morgan fingerprint density at radius 3 is 2.61 bits per heavy atom. The van der Waals surface area contributed by atoms with Gasteiger partial charge in [-0.3, -0.25) is 5.32 Å². The highest BCUT2D eigenvalue weighted by molar-refractivity contribution is 7.89. The maximum absolute atomic E-state index is 12.9. The second-order valence-corrected chi connectivity index (χ2v) is 9.78. The summed E-state index contributed by atoms with van der Waals surface area (Å²) in [7, 11) is -3.73. The van der Waals surface area contributed by atoms with Crippen LogP contribution in [0.1, 0.15) is 49.9 Å². The number of sulfonamides is 1. The van der Waals surface area contributed by atoms with E-state index in [0.717, 1.165) is 18.4 Å². The first-order chi connectivity index (χ1) is 13.0. The van der Waals surface area contributed by atoms with Crippen molar-refractivity contribution in [2.45, 2.75) is 57.1 Å². The fourth-order valence-corrected chi connectivity index (χ4v) is 4.58. The molecule has 7 heteroatoms. The van der Waals surface area contributed by atoms with Gasteiger partial charge < -0.3 is 4.74 Å². The lowest BCUT2D eigenvalue weighted by molar-refractivity contribution is 0.0636. The van der Waals surface area contributed by atoms with Crippen molar-refractivity contribution in [3.8, 4) is 0 Å². The predicted molar refractivity (Wildman–Crippen MR) is 109 cm³/mol. The van der Waals surface area contributed by atoms with Gasteiger partial charge in [-0.05, 0) is 69.9 Å². The molecule has 0 fully saturated rings. The van der Waals surface area contributed by atoms with Gasteiger partial charge in [0.15, 0.2) is 0 Å². The van der Waals surface area contributed by atoms with E-state index >= 15 is 0 Å². The monoisotopic (exact) mass is 402 g/mol. The number of aryl methyl sites for hydroxylation is 2. The number of hydrogen-bond donors (Lipinski definition) is 2. The molecule has 1 aliphatic rings. The number of ether oxygens (including phenoxy) is 1. The Bertz CT molecular complexity index is 994. The molecule has 0 spiro atoms. The Morgan fingerprint density at radius 1 is 1.14 bits per heavy atom. The van der Waals surface area contributed by atoms with Crippen LogP contribution >= 0.6 is 0 Å². The fourth-order valence-electron chi connectivity index (χ4n) is 3.29. The average Bonchev–Trinajstić information content (AvgIpc) is 2.94. The maximum Gasteiger partial charge on any atom is 0.412 e. The lowest BCUT2D eigenvalue weighted by Crippen LogP contribution is -2.28. The molecule has 3 rings (SSSR count). The topological polar surface area (TPSA) is 84.5 Å². The number of nitrogens with one attached hydrogen (secondary N) is 2. The number of rotatable bonds is 4. The summed E-state index contributed by atoms with van der Waals surface area (Å²) in [6.45, 7) is 7.32. The number of benzene rings is 2. The van der Waals surface area contributed by atoms with Gasteiger partial charge in [0.2, 0.25) is 10.0 Å². The SMILES string of the molecule is Cc1ccc2c(c1)CCC2NS(=O)(=O)c1cccc(NC(=O)OC(C)(C)C)c1. The molecule has 1 atom stereocenters. The number of carbonyl (C=O) groups is 1. The quantitative estimate of drug-likeness (QED) is 0.798. The first-order valence-corrected chi connectivity index (χ1v) is 10.7. The Balaban J connectivity index is 1.76. The third-order valence-electron chi connectivity index (χ3n) is 4.46. The van der Waals surface area contributed by atoms with Gasteiger partial charge in [0.1, 0.15) is 5.60 Å². The first-order valence-electron chi connectivity index (χ1n) is 9.25. The third-order valence-corrected chi connectivity index (χ3v) is 5.93. The van der Waals surface area contributed by atoms with Gasteiger partial charge in [-0.1, -0.05) is 29.8 Å². The largest absolute Gasteiger partial charge is 0.444 e. The number of carbonyl (C=O) groups excluding carboxylic acids is 1. The van der Waals surface area contributed by atoms with Crippen molar-refractivity contribution in [1.82, 2.24) is 4.72 Å². The van der Waals surface area contributed by atoms with Gasteiger partial charge in [-0.25, -0.2) is 17.9 Å². The molecular formula is C21H26N2O4S. The van der Waals surface area contributed by atoms with Gasteiger partial charge in [-0.2, -0.15) is 0 Å². The molecule has 28 heavy (non-hydrogen) atoms. The summed E-state index contributed by atoms with van der Waals surface area (Å²) in [6, 6.07) is 12.0. The average molecular weight is 403 g/mol. The molecule has 0 heterocycles. The fraction of sp³-hybridized carbons (Fsp3) is 0.381. The summed E-state index contributed by atoms with van der Waals surface area (Å²) in [4.78, 5) is 12.0. The molecule has 1 aliphatic carbocycles.